The number of nitrogen functional groups attached to an aromatic ring is 1. The van der Waals surface area contributed by atoms with Crippen molar-refractivity contribution in [1.29, 1.82) is 0 Å². The molecule has 1 aromatic carbocycles. The van der Waals surface area contributed by atoms with Crippen molar-refractivity contribution in [2.24, 2.45) is 0 Å². The number of rotatable bonds is 7. The quantitative estimate of drug-likeness (QED) is 0.624. The highest BCUT2D eigenvalue weighted by Gasteiger charge is 2.16. The molecule has 0 aliphatic carbocycles. The first-order valence-corrected chi connectivity index (χ1v) is 9.18. The summed E-state index contributed by atoms with van der Waals surface area (Å²) in [6.07, 6.45) is 1.79. The van der Waals surface area contributed by atoms with Crippen LogP contribution >= 0.6 is 11.8 Å². The number of aryl methyl sites for hydroxylation is 1. The van der Waals surface area contributed by atoms with E-state index in [1.807, 2.05) is 6.07 Å². The van der Waals surface area contributed by atoms with Crippen molar-refractivity contribution in [2.45, 2.75) is 26.8 Å². The highest BCUT2D eigenvalue weighted by Crippen LogP contribution is 2.27. The third kappa shape index (κ3) is 5.90. The van der Waals surface area contributed by atoms with Crippen molar-refractivity contribution in [1.82, 2.24) is 15.3 Å². The van der Waals surface area contributed by atoms with Gasteiger partial charge in [-0.05, 0) is 13.8 Å². The van der Waals surface area contributed by atoms with E-state index in [0.29, 0.717) is 33.2 Å². The van der Waals surface area contributed by atoms with Gasteiger partial charge >= 0.3 is 0 Å². The van der Waals surface area contributed by atoms with Gasteiger partial charge in [0.15, 0.2) is 0 Å². The van der Waals surface area contributed by atoms with Crippen LogP contribution in [-0.2, 0) is 11.3 Å². The predicted octanol–water partition coefficient (Wildman–Crippen LogP) is 2.21. The van der Waals surface area contributed by atoms with Crippen LogP contribution in [0.15, 0.2) is 47.0 Å². The Hall–Kier alpha value is -2.71. The maximum atomic E-state index is 12.5. The number of anilines is 1. The molecule has 0 saturated carbocycles. The largest absolute Gasteiger partial charge is 0.396 e. The highest BCUT2D eigenvalue weighted by molar-refractivity contribution is 8.17. The number of nitrogens with zero attached hydrogens (tertiary/aromatic N) is 2. The number of nitrogens with two attached hydrogens (primary N) is 1. The van der Waals surface area contributed by atoms with Crippen molar-refractivity contribution in [3.05, 3.63) is 64.0 Å². The zero-order valence-corrected chi connectivity index (χ0v) is 16.0. The first-order chi connectivity index (χ1) is 12.9. The lowest BCUT2D eigenvalue weighted by molar-refractivity contribution is -0.117. The van der Waals surface area contributed by atoms with Crippen molar-refractivity contribution >= 4 is 28.6 Å². The van der Waals surface area contributed by atoms with E-state index in [9.17, 15) is 14.7 Å². The fraction of sp³-hybridized carbons (Fsp3) is 0.263. The summed E-state index contributed by atoms with van der Waals surface area (Å²) in [5, 5.41) is 11.9. The lowest BCUT2D eigenvalue weighted by Crippen LogP contribution is -2.25. The molecular formula is C19H22N4O3S. The monoisotopic (exact) mass is 386 g/mol. The molecule has 0 unspecified atom stereocenters. The van der Waals surface area contributed by atoms with Crippen LogP contribution in [0.1, 0.15) is 35.1 Å². The van der Waals surface area contributed by atoms with Crippen LogP contribution in [0.3, 0.4) is 0 Å². The van der Waals surface area contributed by atoms with Gasteiger partial charge in [0.25, 0.3) is 0 Å². The van der Waals surface area contributed by atoms with E-state index in [1.165, 1.54) is 0 Å². The molecule has 0 atom stereocenters. The summed E-state index contributed by atoms with van der Waals surface area (Å²) in [5.74, 6) is 0.528. The smallest absolute Gasteiger partial charge is 0.247 e. The Morgan fingerprint density at radius 1 is 1.26 bits per heavy atom. The normalized spacial score (nSPS) is 11.7. The van der Waals surface area contributed by atoms with Crippen LogP contribution in [0.5, 0.6) is 0 Å². The van der Waals surface area contributed by atoms with Gasteiger partial charge in [-0.25, -0.2) is 9.97 Å². The van der Waals surface area contributed by atoms with Crippen LogP contribution < -0.4 is 11.1 Å². The minimum absolute atomic E-state index is 0.159. The molecule has 0 fully saturated rings. The second kappa shape index (κ2) is 9.84. The first-order valence-electron chi connectivity index (χ1n) is 8.36. The summed E-state index contributed by atoms with van der Waals surface area (Å²) < 4.78 is 0. The molecule has 142 valence electrons. The van der Waals surface area contributed by atoms with Gasteiger partial charge in [-0.15, -0.1) is 0 Å². The minimum atomic E-state index is -0.341. The van der Waals surface area contributed by atoms with Gasteiger partial charge < -0.3 is 16.2 Å². The third-order valence-corrected chi connectivity index (χ3v) is 4.96. The van der Waals surface area contributed by atoms with Crippen molar-refractivity contribution in [2.75, 3.05) is 12.3 Å². The fourth-order valence-electron chi connectivity index (χ4n) is 2.25. The van der Waals surface area contributed by atoms with Gasteiger partial charge in [0.2, 0.25) is 11.0 Å². The van der Waals surface area contributed by atoms with Crippen molar-refractivity contribution < 1.29 is 14.7 Å². The fourth-order valence-corrected chi connectivity index (χ4v) is 3.16. The summed E-state index contributed by atoms with van der Waals surface area (Å²) in [4.78, 5) is 33.5. The van der Waals surface area contributed by atoms with Crippen LogP contribution in [0.4, 0.5) is 5.82 Å². The number of aliphatic hydroxyl groups excluding tert-OH is 1. The molecule has 2 rings (SSSR count). The summed E-state index contributed by atoms with van der Waals surface area (Å²) in [7, 11) is 0. The Morgan fingerprint density at radius 2 is 1.96 bits per heavy atom. The molecule has 0 saturated heterocycles. The van der Waals surface area contributed by atoms with Gasteiger partial charge in [-0.2, -0.15) is 0 Å². The van der Waals surface area contributed by atoms with Crippen LogP contribution in [0.2, 0.25) is 0 Å². The molecule has 1 aromatic heterocycles. The number of hydrogen-bond donors (Lipinski definition) is 3. The maximum absolute atomic E-state index is 12.5. The van der Waals surface area contributed by atoms with E-state index >= 15 is 0 Å². The summed E-state index contributed by atoms with van der Waals surface area (Å²) in [5.41, 5.74) is 7.35. The molecule has 0 aliphatic rings. The molecule has 8 heteroatoms. The lowest BCUT2D eigenvalue weighted by atomic mass is 10.2. The van der Waals surface area contributed by atoms with E-state index in [0.717, 1.165) is 11.8 Å². The van der Waals surface area contributed by atoms with E-state index in [4.69, 9.17) is 5.73 Å². The molecule has 4 N–H and O–H groups in total. The number of hydrogen-bond acceptors (Lipinski definition) is 7. The number of aromatic nitrogens is 2. The minimum Gasteiger partial charge on any atom is -0.396 e. The van der Waals surface area contributed by atoms with Gasteiger partial charge in [0.05, 0.1) is 0 Å². The molecule has 0 radical (unpaired) electrons. The second-order valence-corrected chi connectivity index (χ2v) is 6.86. The standard InChI is InChI=1S/C19H22N4O3S/c1-12(18(25)22-11-15-10-21-13(2)23-17(15)20)16(8-9-24)27-19(26)14-6-4-3-5-7-14/h3-7,10,24H,8-9,11H2,1-2H3,(H,22,25)(H2,20,21,23)/b16-12-. The Morgan fingerprint density at radius 3 is 2.59 bits per heavy atom. The molecule has 2 aromatic rings. The van der Waals surface area contributed by atoms with E-state index in [1.54, 1.807) is 44.3 Å². The van der Waals surface area contributed by atoms with Crippen molar-refractivity contribution in [3.63, 3.8) is 0 Å². The number of benzene rings is 1. The topological polar surface area (TPSA) is 118 Å². The number of thioether (sulfide) groups is 1. The van der Waals surface area contributed by atoms with Gasteiger partial charge in [0.1, 0.15) is 11.6 Å². The van der Waals surface area contributed by atoms with Crippen LogP contribution in [-0.4, -0.2) is 32.7 Å². The molecular weight excluding hydrogens is 364 g/mol. The van der Waals surface area contributed by atoms with E-state index in [2.05, 4.69) is 15.3 Å². The Bertz CT molecular complexity index is 853. The predicted molar refractivity (Wildman–Crippen MR) is 106 cm³/mol. The molecule has 7 nitrogen and oxygen atoms in total. The van der Waals surface area contributed by atoms with Crippen molar-refractivity contribution in [3.8, 4) is 0 Å². The zero-order chi connectivity index (χ0) is 19.8. The van der Waals surface area contributed by atoms with Crippen LogP contribution in [0, 0.1) is 6.92 Å². The zero-order valence-electron chi connectivity index (χ0n) is 15.2. The number of nitrogens with one attached hydrogen (secondary N) is 1. The Kier molecular flexibility index (Phi) is 7.51. The molecule has 0 spiro atoms. The maximum Gasteiger partial charge on any atom is 0.247 e. The highest BCUT2D eigenvalue weighted by atomic mass is 32.2. The molecule has 0 aliphatic heterocycles. The van der Waals surface area contributed by atoms with Gasteiger partial charge in [-0.3, -0.25) is 9.59 Å². The average Bonchev–Trinajstić information content (AvgIpc) is 2.66. The van der Waals surface area contributed by atoms with Gasteiger partial charge in [-0.1, -0.05) is 42.1 Å². The lowest BCUT2D eigenvalue weighted by Gasteiger charge is -2.12. The number of carbonyl (C=O) groups is 2. The summed E-state index contributed by atoms with van der Waals surface area (Å²) in [6.45, 7) is 3.37. The number of aliphatic hydroxyl groups is 1. The Balaban J connectivity index is 2.10. The van der Waals surface area contributed by atoms with E-state index in [-0.39, 0.29) is 30.6 Å². The number of amides is 1. The Labute approximate surface area is 162 Å². The molecule has 1 heterocycles. The average molecular weight is 386 g/mol. The first kappa shape index (κ1) is 20.6. The van der Waals surface area contributed by atoms with E-state index < -0.39 is 0 Å². The summed E-state index contributed by atoms with van der Waals surface area (Å²) in [6, 6.07) is 8.79. The van der Waals surface area contributed by atoms with Crippen LogP contribution in [0.25, 0.3) is 0 Å². The second-order valence-electron chi connectivity index (χ2n) is 5.79. The number of carbonyl (C=O) groups excluding carboxylic acids is 2. The molecule has 0 bridgehead atoms. The molecule has 1 amide bonds. The SMILES string of the molecule is C/C(C(=O)NCc1cnc(C)nc1N)=C(\CCO)SC(=O)c1ccccc1. The molecule has 27 heavy (non-hydrogen) atoms. The summed E-state index contributed by atoms with van der Waals surface area (Å²) >= 11 is 0.956. The third-order valence-electron chi connectivity index (χ3n) is 3.78. The van der Waals surface area contributed by atoms with Gasteiger partial charge in [0, 0.05) is 47.4 Å².